The number of halogens is 1. The molecule has 0 aliphatic carbocycles. The molecular weight excluding hydrogens is 250 g/mol. The zero-order chi connectivity index (χ0) is 12.1. The van der Waals surface area contributed by atoms with Gasteiger partial charge in [-0.3, -0.25) is 9.36 Å². The van der Waals surface area contributed by atoms with Gasteiger partial charge >= 0.3 is 0 Å². The lowest BCUT2D eigenvalue weighted by Crippen LogP contribution is -1.98. The summed E-state index contributed by atoms with van der Waals surface area (Å²) in [6.07, 6.45) is 8.96. The van der Waals surface area contributed by atoms with E-state index in [0.717, 1.165) is 31.7 Å². The Morgan fingerprint density at radius 2 is 1.89 bits per heavy atom. The normalized spacial score (nSPS) is 10.1. The molecule has 0 radical (unpaired) electrons. The first-order chi connectivity index (χ1) is 8.31. The summed E-state index contributed by atoms with van der Waals surface area (Å²) >= 11 is 0. The summed E-state index contributed by atoms with van der Waals surface area (Å²) in [5, 5.41) is 11.8. The Balaban J connectivity index is 0.00000162. The summed E-state index contributed by atoms with van der Waals surface area (Å²) in [6, 6.07) is 0. The second-order valence-electron chi connectivity index (χ2n) is 4.05. The third kappa shape index (κ3) is 3.77. The Morgan fingerprint density at radius 1 is 1.11 bits per heavy atom. The van der Waals surface area contributed by atoms with Gasteiger partial charge in [-0.25, -0.2) is 0 Å². The highest BCUT2D eigenvalue weighted by atomic mass is 35.5. The van der Waals surface area contributed by atoms with E-state index >= 15 is 0 Å². The van der Waals surface area contributed by atoms with Crippen LogP contribution in [-0.2, 0) is 19.6 Å². The summed E-state index contributed by atoms with van der Waals surface area (Å²) in [7, 11) is 0. The molecule has 6 heteroatoms. The standard InChI is InChI=1S/C12H19N5.ClH/c1-3-5-17-9-11(7-14-17)6-13-12-8-15-16(4-2)10-12;/h7-10,13H,3-6H2,1-2H3;1H. The fourth-order valence-electron chi connectivity index (χ4n) is 1.68. The number of rotatable bonds is 6. The highest BCUT2D eigenvalue weighted by molar-refractivity contribution is 5.85. The van der Waals surface area contributed by atoms with Crippen molar-refractivity contribution in [3.8, 4) is 0 Å². The maximum atomic E-state index is 4.30. The second-order valence-corrected chi connectivity index (χ2v) is 4.05. The van der Waals surface area contributed by atoms with Crippen molar-refractivity contribution in [3.63, 3.8) is 0 Å². The number of nitrogens with zero attached hydrogens (tertiary/aromatic N) is 4. The lowest BCUT2D eigenvalue weighted by Gasteiger charge is -2.00. The molecule has 0 aromatic carbocycles. The van der Waals surface area contributed by atoms with Crippen molar-refractivity contribution in [1.82, 2.24) is 19.6 Å². The van der Waals surface area contributed by atoms with Crippen molar-refractivity contribution in [3.05, 3.63) is 30.4 Å². The summed E-state index contributed by atoms with van der Waals surface area (Å²) in [5.41, 5.74) is 2.25. The van der Waals surface area contributed by atoms with Gasteiger partial charge in [0.1, 0.15) is 0 Å². The van der Waals surface area contributed by atoms with E-state index in [1.165, 1.54) is 5.56 Å². The molecule has 100 valence electrons. The number of hydrogen-bond donors (Lipinski definition) is 1. The molecule has 0 bridgehead atoms. The smallest absolute Gasteiger partial charge is 0.0729 e. The fourth-order valence-corrected chi connectivity index (χ4v) is 1.68. The predicted octanol–water partition coefficient (Wildman–Crippen LogP) is 2.54. The van der Waals surface area contributed by atoms with Crippen LogP contribution in [0.4, 0.5) is 5.69 Å². The van der Waals surface area contributed by atoms with Gasteiger partial charge in [0, 0.05) is 37.6 Å². The van der Waals surface area contributed by atoms with Crippen molar-refractivity contribution < 1.29 is 0 Å². The molecule has 0 unspecified atom stereocenters. The van der Waals surface area contributed by atoms with Crippen LogP contribution in [0.5, 0.6) is 0 Å². The van der Waals surface area contributed by atoms with E-state index in [2.05, 4.69) is 35.6 Å². The molecule has 1 N–H and O–H groups in total. The van der Waals surface area contributed by atoms with Crippen LogP contribution in [0.25, 0.3) is 0 Å². The number of anilines is 1. The van der Waals surface area contributed by atoms with E-state index in [-0.39, 0.29) is 12.4 Å². The average molecular weight is 270 g/mol. The average Bonchev–Trinajstić information content (AvgIpc) is 2.95. The molecule has 0 saturated heterocycles. The fraction of sp³-hybridized carbons (Fsp3) is 0.500. The Hall–Kier alpha value is -1.49. The first-order valence-corrected chi connectivity index (χ1v) is 6.09. The van der Waals surface area contributed by atoms with Gasteiger partial charge in [0.05, 0.1) is 18.1 Å². The summed E-state index contributed by atoms with van der Waals surface area (Å²) < 4.78 is 3.88. The highest BCUT2D eigenvalue weighted by Crippen LogP contribution is 2.07. The van der Waals surface area contributed by atoms with Crippen LogP contribution >= 0.6 is 12.4 Å². The Labute approximate surface area is 114 Å². The van der Waals surface area contributed by atoms with E-state index < -0.39 is 0 Å². The van der Waals surface area contributed by atoms with Gasteiger partial charge in [-0.15, -0.1) is 12.4 Å². The topological polar surface area (TPSA) is 47.7 Å². The molecule has 0 aliphatic rings. The first kappa shape index (κ1) is 14.6. The summed E-state index contributed by atoms with van der Waals surface area (Å²) in [5.74, 6) is 0. The Morgan fingerprint density at radius 3 is 2.56 bits per heavy atom. The van der Waals surface area contributed by atoms with Crippen molar-refractivity contribution in [2.45, 2.75) is 39.9 Å². The lowest BCUT2D eigenvalue weighted by atomic mass is 10.3. The molecule has 2 rings (SSSR count). The third-order valence-corrected chi connectivity index (χ3v) is 2.59. The zero-order valence-electron chi connectivity index (χ0n) is 10.8. The van der Waals surface area contributed by atoms with Crippen molar-refractivity contribution in [2.24, 2.45) is 0 Å². The number of aromatic nitrogens is 4. The van der Waals surface area contributed by atoms with Gasteiger partial charge in [0.25, 0.3) is 0 Å². The second kappa shape index (κ2) is 7.06. The first-order valence-electron chi connectivity index (χ1n) is 6.09. The highest BCUT2D eigenvalue weighted by Gasteiger charge is 2.00. The van der Waals surface area contributed by atoms with Gasteiger partial charge in [-0.2, -0.15) is 10.2 Å². The molecule has 5 nitrogen and oxygen atoms in total. The number of hydrogen-bond acceptors (Lipinski definition) is 3. The minimum Gasteiger partial charge on any atom is -0.378 e. The third-order valence-electron chi connectivity index (χ3n) is 2.59. The predicted molar refractivity (Wildman–Crippen MR) is 75.0 cm³/mol. The van der Waals surface area contributed by atoms with E-state index in [1.807, 2.05) is 28.0 Å². The molecule has 0 fully saturated rings. The molecule has 0 aliphatic heterocycles. The van der Waals surface area contributed by atoms with Gasteiger partial charge < -0.3 is 5.32 Å². The van der Waals surface area contributed by atoms with Crippen LogP contribution in [0.2, 0.25) is 0 Å². The van der Waals surface area contributed by atoms with Gasteiger partial charge in [0.15, 0.2) is 0 Å². The molecule has 0 spiro atoms. The van der Waals surface area contributed by atoms with Crippen LogP contribution in [-0.4, -0.2) is 19.6 Å². The van der Waals surface area contributed by atoms with Crippen LogP contribution in [0, 0.1) is 0 Å². The summed E-state index contributed by atoms with van der Waals surface area (Å²) in [6.45, 7) is 6.90. The molecule has 0 saturated carbocycles. The Bertz CT molecular complexity index is 462. The largest absolute Gasteiger partial charge is 0.378 e. The Kier molecular flexibility index (Phi) is 5.71. The maximum absolute atomic E-state index is 4.30. The van der Waals surface area contributed by atoms with Crippen molar-refractivity contribution in [2.75, 3.05) is 5.32 Å². The van der Waals surface area contributed by atoms with Crippen molar-refractivity contribution in [1.29, 1.82) is 0 Å². The minimum absolute atomic E-state index is 0. The van der Waals surface area contributed by atoms with E-state index in [0.29, 0.717) is 0 Å². The molecular formula is C12H20ClN5. The van der Waals surface area contributed by atoms with Crippen LogP contribution in [0.15, 0.2) is 24.8 Å². The quantitative estimate of drug-likeness (QED) is 0.877. The van der Waals surface area contributed by atoms with Crippen LogP contribution < -0.4 is 5.32 Å². The number of nitrogens with one attached hydrogen (secondary N) is 1. The zero-order valence-corrected chi connectivity index (χ0v) is 11.7. The maximum Gasteiger partial charge on any atom is 0.0729 e. The minimum atomic E-state index is 0. The number of aryl methyl sites for hydroxylation is 2. The SMILES string of the molecule is CCCn1cc(CNc2cnn(CC)c2)cn1.Cl. The van der Waals surface area contributed by atoms with Crippen LogP contribution in [0.3, 0.4) is 0 Å². The van der Waals surface area contributed by atoms with E-state index in [4.69, 9.17) is 0 Å². The molecule has 0 atom stereocenters. The van der Waals surface area contributed by atoms with E-state index in [9.17, 15) is 0 Å². The van der Waals surface area contributed by atoms with Gasteiger partial charge in [-0.05, 0) is 13.3 Å². The molecule has 0 amide bonds. The summed E-state index contributed by atoms with van der Waals surface area (Å²) in [4.78, 5) is 0. The molecule has 2 aromatic heterocycles. The molecule has 18 heavy (non-hydrogen) atoms. The molecule has 2 heterocycles. The lowest BCUT2D eigenvalue weighted by molar-refractivity contribution is 0.602. The van der Waals surface area contributed by atoms with Gasteiger partial charge in [-0.1, -0.05) is 6.92 Å². The van der Waals surface area contributed by atoms with E-state index in [1.54, 1.807) is 0 Å². The molecule has 2 aromatic rings. The van der Waals surface area contributed by atoms with Crippen LogP contribution in [0.1, 0.15) is 25.8 Å². The monoisotopic (exact) mass is 269 g/mol. The van der Waals surface area contributed by atoms with Crippen molar-refractivity contribution >= 4 is 18.1 Å². The van der Waals surface area contributed by atoms with Gasteiger partial charge in [0.2, 0.25) is 0 Å².